The number of hydrogen-bond donors (Lipinski definition) is 0. The third kappa shape index (κ3) is 11.9. The van der Waals surface area contributed by atoms with Crippen LogP contribution in [0.15, 0.2) is 36.4 Å². The third-order valence-electron chi connectivity index (χ3n) is 16.6. The summed E-state index contributed by atoms with van der Waals surface area (Å²) in [4.78, 5) is 0. The van der Waals surface area contributed by atoms with E-state index in [4.69, 9.17) is 37.2 Å². The lowest BCUT2D eigenvalue weighted by molar-refractivity contribution is 0.00578. The van der Waals surface area contributed by atoms with Crippen molar-refractivity contribution in [1.82, 2.24) is 0 Å². The van der Waals surface area contributed by atoms with E-state index in [0.29, 0.717) is 0 Å². The predicted molar refractivity (Wildman–Crippen MR) is 272 cm³/mol. The van der Waals surface area contributed by atoms with Gasteiger partial charge in [0.2, 0.25) is 0 Å². The van der Waals surface area contributed by atoms with Crippen molar-refractivity contribution in [3.8, 4) is 11.1 Å². The molecule has 65 heavy (non-hydrogen) atoms. The van der Waals surface area contributed by atoms with Gasteiger partial charge in [-0.2, -0.15) is 0 Å². The summed E-state index contributed by atoms with van der Waals surface area (Å²) in [6, 6.07) is 14.1. The van der Waals surface area contributed by atoms with Crippen LogP contribution in [-0.2, 0) is 42.6 Å². The standard InChI is InChI=1S/C41H64B2O4.2C6H12BO2/c1-11-13-15-17-19-21-27-41(28-22-20-18-16-14-12-2)35-29-31(42-44-37(3,4)38(5,6)45-42)23-25-33(35)34-26-24-32(30-36(34)41)43-46-39(7,8)40(9,10)47-43;2*1-5(2)6(3,4)9-7-8-5/h23-26,29-30H,11-22,27-28H2,1-10H3;2*1-4H3. The third-order valence-corrected chi connectivity index (χ3v) is 16.6. The molecule has 4 fully saturated rings. The Morgan fingerprint density at radius 1 is 0.369 bits per heavy atom. The summed E-state index contributed by atoms with van der Waals surface area (Å²) in [5.74, 6) is 0. The van der Waals surface area contributed by atoms with E-state index in [1.807, 2.05) is 55.4 Å². The average molecular weight is 897 g/mol. The van der Waals surface area contributed by atoms with Gasteiger partial charge in [-0.05, 0) is 157 Å². The number of hydrogen-bond acceptors (Lipinski definition) is 8. The molecule has 0 spiro atoms. The van der Waals surface area contributed by atoms with Crippen molar-refractivity contribution in [3.63, 3.8) is 0 Å². The SMILES string of the molecule is CC1(C)O[B]OC1(C)C.CC1(C)O[B]OC1(C)C.CCCCCCCCC1(CCCCCCCC)c2cc(B3OC(C)(C)C(C)(C)O3)ccc2-c2ccc(B3OC(C)(C)C(C)(C)O3)cc21. The smallest absolute Gasteiger partial charge is 0.405 e. The Balaban J connectivity index is 0.000000363. The molecule has 4 saturated heterocycles. The van der Waals surface area contributed by atoms with Crippen LogP contribution in [0.2, 0.25) is 0 Å². The van der Waals surface area contributed by atoms with Crippen LogP contribution in [0.25, 0.3) is 11.1 Å². The first-order valence-corrected chi connectivity index (χ1v) is 25.4. The molecule has 0 amide bonds. The second-order valence-corrected chi connectivity index (χ2v) is 23.6. The summed E-state index contributed by atoms with van der Waals surface area (Å²) in [6.07, 6.45) is 17.9. The number of rotatable bonds is 16. The van der Waals surface area contributed by atoms with Gasteiger partial charge in [-0.3, -0.25) is 0 Å². The lowest BCUT2D eigenvalue weighted by Crippen LogP contribution is -2.41. The summed E-state index contributed by atoms with van der Waals surface area (Å²) in [5, 5.41) is 0. The van der Waals surface area contributed by atoms with E-state index in [0.717, 1.165) is 23.8 Å². The Kier molecular flexibility index (Phi) is 17.4. The van der Waals surface area contributed by atoms with Crippen LogP contribution in [0.4, 0.5) is 0 Å². The molecule has 4 heterocycles. The molecule has 0 saturated carbocycles. The summed E-state index contributed by atoms with van der Waals surface area (Å²) in [6.45, 7) is 37.9. The van der Waals surface area contributed by atoms with Gasteiger partial charge in [0, 0.05) is 5.41 Å². The highest BCUT2D eigenvalue weighted by Gasteiger charge is 2.54. The first-order valence-electron chi connectivity index (χ1n) is 25.4. The average Bonchev–Trinajstić information content (AvgIpc) is 3.87. The van der Waals surface area contributed by atoms with Crippen LogP contribution in [0.5, 0.6) is 0 Å². The van der Waals surface area contributed by atoms with Gasteiger partial charge in [0.15, 0.2) is 0 Å². The van der Waals surface area contributed by atoms with Gasteiger partial charge in [0.1, 0.15) is 0 Å². The van der Waals surface area contributed by atoms with Gasteiger partial charge in [-0.1, -0.05) is 127 Å². The molecule has 7 rings (SSSR count). The molecular weight excluding hydrogens is 808 g/mol. The first-order chi connectivity index (χ1) is 30.1. The van der Waals surface area contributed by atoms with Crippen LogP contribution in [-0.4, -0.2) is 74.4 Å². The summed E-state index contributed by atoms with van der Waals surface area (Å²) in [5.41, 5.74) is 5.66. The van der Waals surface area contributed by atoms with Gasteiger partial charge in [-0.15, -0.1) is 0 Å². The van der Waals surface area contributed by atoms with Crippen LogP contribution in [0.3, 0.4) is 0 Å². The normalized spacial score (nSPS) is 23.7. The fraction of sp³-hybridized carbons (Fsp3) is 0.774. The van der Waals surface area contributed by atoms with Gasteiger partial charge >= 0.3 is 29.6 Å². The summed E-state index contributed by atoms with van der Waals surface area (Å²) >= 11 is 0. The molecule has 2 aromatic rings. The maximum atomic E-state index is 6.60. The van der Waals surface area contributed by atoms with Gasteiger partial charge in [0.05, 0.1) is 44.8 Å². The molecule has 2 radical (unpaired) electrons. The van der Waals surface area contributed by atoms with E-state index < -0.39 is 0 Å². The largest absolute Gasteiger partial charge is 0.494 e. The Morgan fingerprint density at radius 3 is 0.908 bits per heavy atom. The highest BCUT2D eigenvalue weighted by atomic mass is 16.7. The Morgan fingerprint density at radius 2 is 0.646 bits per heavy atom. The molecule has 8 nitrogen and oxygen atoms in total. The van der Waals surface area contributed by atoms with Gasteiger partial charge < -0.3 is 37.2 Å². The summed E-state index contributed by atoms with van der Waals surface area (Å²) < 4.78 is 47.2. The molecule has 0 bridgehead atoms. The number of benzene rings is 2. The fourth-order valence-electron chi connectivity index (χ4n) is 8.96. The van der Waals surface area contributed by atoms with Crippen LogP contribution < -0.4 is 10.9 Å². The lowest BCUT2D eigenvalue weighted by Gasteiger charge is -2.33. The van der Waals surface area contributed by atoms with Crippen molar-refractivity contribution >= 4 is 40.5 Å². The topological polar surface area (TPSA) is 73.8 Å². The molecule has 0 atom stereocenters. The molecule has 4 aliphatic heterocycles. The van der Waals surface area contributed by atoms with Crippen LogP contribution in [0.1, 0.15) is 226 Å². The van der Waals surface area contributed by atoms with Crippen molar-refractivity contribution in [2.75, 3.05) is 0 Å². The number of unbranched alkanes of at least 4 members (excludes halogenated alkanes) is 10. The van der Waals surface area contributed by atoms with Crippen molar-refractivity contribution in [2.45, 2.75) is 265 Å². The van der Waals surface area contributed by atoms with Crippen molar-refractivity contribution in [2.24, 2.45) is 0 Å². The molecular formula is C53H88B4O8. The maximum absolute atomic E-state index is 6.60. The van der Waals surface area contributed by atoms with E-state index >= 15 is 0 Å². The molecule has 0 unspecified atom stereocenters. The molecule has 360 valence electrons. The minimum absolute atomic E-state index is 0.0561. The molecule has 2 aromatic carbocycles. The summed E-state index contributed by atoms with van der Waals surface area (Å²) in [7, 11) is 2.10. The monoisotopic (exact) mass is 897 g/mol. The zero-order valence-electron chi connectivity index (χ0n) is 44.4. The lowest BCUT2D eigenvalue weighted by atomic mass is 9.67. The molecule has 0 aromatic heterocycles. The first kappa shape index (κ1) is 54.3. The Labute approximate surface area is 399 Å². The molecule has 5 aliphatic rings. The molecule has 12 heteroatoms. The molecule has 0 N–H and O–H groups in total. The van der Waals surface area contributed by atoms with Gasteiger partial charge in [-0.25, -0.2) is 0 Å². The minimum atomic E-state index is -0.370. The highest BCUT2D eigenvalue weighted by molar-refractivity contribution is 6.62. The van der Waals surface area contributed by atoms with Crippen LogP contribution in [0, 0.1) is 0 Å². The van der Waals surface area contributed by atoms with Crippen molar-refractivity contribution in [3.05, 3.63) is 47.5 Å². The quantitative estimate of drug-likeness (QED) is 0.122. The number of fused-ring (bicyclic) bond motifs is 3. The van der Waals surface area contributed by atoms with E-state index in [-0.39, 0.29) is 64.5 Å². The second-order valence-electron chi connectivity index (χ2n) is 23.6. The fourth-order valence-corrected chi connectivity index (χ4v) is 8.96. The van der Waals surface area contributed by atoms with Crippen molar-refractivity contribution in [1.29, 1.82) is 0 Å². The van der Waals surface area contributed by atoms with E-state index in [2.05, 4.69) is 106 Å². The van der Waals surface area contributed by atoms with E-state index in [1.54, 1.807) is 0 Å². The van der Waals surface area contributed by atoms with E-state index in [1.165, 1.54) is 115 Å². The van der Waals surface area contributed by atoms with E-state index in [9.17, 15) is 0 Å². The Hall–Kier alpha value is -1.62. The Bertz CT molecular complexity index is 1680. The molecule has 1 aliphatic carbocycles. The van der Waals surface area contributed by atoms with Crippen molar-refractivity contribution < 1.29 is 37.2 Å². The minimum Gasteiger partial charge on any atom is -0.405 e. The zero-order valence-corrected chi connectivity index (χ0v) is 44.4. The zero-order chi connectivity index (χ0) is 48.3. The van der Waals surface area contributed by atoms with Gasteiger partial charge in [0.25, 0.3) is 0 Å². The highest BCUT2D eigenvalue weighted by Crippen LogP contribution is 2.54. The maximum Gasteiger partial charge on any atom is 0.494 e. The van der Waals surface area contributed by atoms with Crippen LogP contribution >= 0.6 is 0 Å². The predicted octanol–water partition coefficient (Wildman–Crippen LogP) is 12.3. The second kappa shape index (κ2) is 20.8.